The zero-order valence-corrected chi connectivity index (χ0v) is 15.5. The first-order chi connectivity index (χ1) is 10.7. The van der Waals surface area contributed by atoms with Crippen molar-refractivity contribution >= 4 is 5.97 Å². The summed E-state index contributed by atoms with van der Waals surface area (Å²) in [6.45, 7) is 6.28. The van der Waals surface area contributed by atoms with Crippen molar-refractivity contribution in [2.24, 2.45) is 0 Å². The molecule has 0 unspecified atom stereocenters. The maximum Gasteiger partial charge on any atom is 0.306 e. The molecule has 0 fully saturated rings. The molecule has 0 aliphatic rings. The molecule has 0 bridgehead atoms. The SMILES string of the molecule is CCCCCCCCCCCCCCCC(=O)O[C@H](C)CC. The van der Waals surface area contributed by atoms with E-state index >= 15 is 0 Å². The Hall–Kier alpha value is -0.530. The summed E-state index contributed by atoms with van der Waals surface area (Å²) in [4.78, 5) is 11.5. The number of carbonyl (C=O) groups excluding carboxylic acids is 1. The Bertz CT molecular complexity index is 238. The van der Waals surface area contributed by atoms with Crippen LogP contribution in [0.4, 0.5) is 0 Å². The average molecular weight is 313 g/mol. The van der Waals surface area contributed by atoms with E-state index in [0.717, 1.165) is 12.8 Å². The van der Waals surface area contributed by atoms with Crippen LogP contribution in [0.1, 0.15) is 117 Å². The molecular formula is C20H40O2. The van der Waals surface area contributed by atoms with Crippen molar-refractivity contribution in [1.29, 1.82) is 0 Å². The Kier molecular flexibility index (Phi) is 16.4. The Morgan fingerprint density at radius 3 is 1.55 bits per heavy atom. The van der Waals surface area contributed by atoms with Gasteiger partial charge in [-0.2, -0.15) is 0 Å². The molecule has 0 saturated carbocycles. The summed E-state index contributed by atoms with van der Waals surface area (Å²) in [6, 6.07) is 0. The van der Waals surface area contributed by atoms with Crippen LogP contribution in [-0.2, 0) is 9.53 Å². The Balaban J connectivity index is 3.12. The van der Waals surface area contributed by atoms with E-state index in [1.807, 2.05) is 13.8 Å². The molecule has 0 spiro atoms. The summed E-state index contributed by atoms with van der Waals surface area (Å²) in [5.41, 5.74) is 0. The fraction of sp³-hybridized carbons (Fsp3) is 0.950. The molecule has 0 aromatic carbocycles. The third-order valence-corrected chi connectivity index (χ3v) is 4.39. The van der Waals surface area contributed by atoms with E-state index in [2.05, 4.69) is 6.92 Å². The van der Waals surface area contributed by atoms with Crippen LogP contribution in [0, 0.1) is 0 Å². The lowest BCUT2D eigenvalue weighted by atomic mass is 10.0. The number of ether oxygens (including phenoxy) is 1. The standard InChI is InChI=1S/C20H40O2/c1-4-6-7-8-9-10-11-12-13-14-15-16-17-18-20(21)22-19(3)5-2/h19H,4-18H2,1-3H3/t19-/m1/s1. The number of hydrogen-bond acceptors (Lipinski definition) is 2. The highest BCUT2D eigenvalue weighted by Crippen LogP contribution is 2.13. The van der Waals surface area contributed by atoms with E-state index in [0.29, 0.717) is 6.42 Å². The molecule has 0 radical (unpaired) electrons. The first-order valence-electron chi connectivity index (χ1n) is 9.90. The maximum atomic E-state index is 11.5. The lowest BCUT2D eigenvalue weighted by Crippen LogP contribution is -2.13. The normalized spacial score (nSPS) is 12.3. The molecule has 0 aromatic heterocycles. The summed E-state index contributed by atoms with van der Waals surface area (Å²) in [6.07, 6.45) is 19.0. The molecule has 0 saturated heterocycles. The molecule has 22 heavy (non-hydrogen) atoms. The van der Waals surface area contributed by atoms with Crippen LogP contribution in [-0.4, -0.2) is 12.1 Å². The van der Waals surface area contributed by atoms with Crippen LogP contribution in [0.2, 0.25) is 0 Å². The molecule has 0 amide bonds. The van der Waals surface area contributed by atoms with Gasteiger partial charge in [-0.05, 0) is 19.8 Å². The first kappa shape index (κ1) is 21.5. The van der Waals surface area contributed by atoms with Gasteiger partial charge in [-0.3, -0.25) is 4.79 Å². The molecule has 1 atom stereocenters. The van der Waals surface area contributed by atoms with Gasteiger partial charge in [-0.25, -0.2) is 0 Å². The third kappa shape index (κ3) is 15.9. The van der Waals surface area contributed by atoms with Gasteiger partial charge in [0.1, 0.15) is 0 Å². The predicted octanol–water partition coefficient (Wildman–Crippen LogP) is 6.81. The molecule has 2 nitrogen and oxygen atoms in total. The second-order valence-corrected chi connectivity index (χ2v) is 6.70. The highest BCUT2D eigenvalue weighted by atomic mass is 16.5. The minimum atomic E-state index is -0.0163. The summed E-state index contributed by atoms with van der Waals surface area (Å²) in [5.74, 6) is -0.0163. The quantitative estimate of drug-likeness (QED) is 0.231. The van der Waals surface area contributed by atoms with E-state index < -0.39 is 0 Å². The second-order valence-electron chi connectivity index (χ2n) is 6.70. The van der Waals surface area contributed by atoms with Crippen molar-refractivity contribution in [3.63, 3.8) is 0 Å². The molecule has 0 aliphatic heterocycles. The summed E-state index contributed by atoms with van der Waals surface area (Å²) in [5, 5.41) is 0. The minimum absolute atomic E-state index is 0.0163. The smallest absolute Gasteiger partial charge is 0.306 e. The van der Waals surface area contributed by atoms with E-state index in [4.69, 9.17) is 4.74 Å². The Labute approximate surface area is 139 Å². The number of rotatable bonds is 16. The van der Waals surface area contributed by atoms with Crippen LogP contribution in [0.5, 0.6) is 0 Å². The van der Waals surface area contributed by atoms with E-state index in [1.165, 1.54) is 77.0 Å². The average Bonchev–Trinajstić information content (AvgIpc) is 2.51. The van der Waals surface area contributed by atoms with Gasteiger partial charge < -0.3 is 4.74 Å². The topological polar surface area (TPSA) is 26.3 Å². The zero-order chi connectivity index (χ0) is 16.5. The van der Waals surface area contributed by atoms with Crippen LogP contribution < -0.4 is 0 Å². The van der Waals surface area contributed by atoms with Gasteiger partial charge in [0, 0.05) is 6.42 Å². The van der Waals surface area contributed by atoms with Crippen molar-refractivity contribution in [2.45, 2.75) is 123 Å². The van der Waals surface area contributed by atoms with Gasteiger partial charge >= 0.3 is 5.97 Å². The van der Waals surface area contributed by atoms with Crippen molar-refractivity contribution < 1.29 is 9.53 Å². The third-order valence-electron chi connectivity index (χ3n) is 4.39. The van der Waals surface area contributed by atoms with E-state index in [9.17, 15) is 4.79 Å². The Morgan fingerprint density at radius 2 is 1.14 bits per heavy atom. The van der Waals surface area contributed by atoms with Gasteiger partial charge in [0.25, 0.3) is 0 Å². The van der Waals surface area contributed by atoms with Gasteiger partial charge in [0.2, 0.25) is 0 Å². The van der Waals surface area contributed by atoms with E-state index in [-0.39, 0.29) is 12.1 Å². The molecule has 132 valence electrons. The molecule has 2 heteroatoms. The number of unbranched alkanes of at least 4 members (excludes halogenated alkanes) is 12. The zero-order valence-electron chi connectivity index (χ0n) is 15.5. The lowest BCUT2D eigenvalue weighted by Gasteiger charge is -2.10. The van der Waals surface area contributed by atoms with Gasteiger partial charge in [0.15, 0.2) is 0 Å². The molecule has 0 rings (SSSR count). The number of hydrogen-bond donors (Lipinski definition) is 0. The van der Waals surface area contributed by atoms with Crippen molar-refractivity contribution in [2.75, 3.05) is 0 Å². The van der Waals surface area contributed by atoms with Crippen LogP contribution in [0.15, 0.2) is 0 Å². The first-order valence-corrected chi connectivity index (χ1v) is 9.90. The largest absolute Gasteiger partial charge is 0.463 e. The van der Waals surface area contributed by atoms with E-state index in [1.54, 1.807) is 0 Å². The molecule has 0 heterocycles. The van der Waals surface area contributed by atoms with Crippen LogP contribution in [0.25, 0.3) is 0 Å². The molecule has 0 aliphatic carbocycles. The maximum absolute atomic E-state index is 11.5. The monoisotopic (exact) mass is 312 g/mol. The van der Waals surface area contributed by atoms with Crippen molar-refractivity contribution in [3.8, 4) is 0 Å². The van der Waals surface area contributed by atoms with Gasteiger partial charge in [-0.15, -0.1) is 0 Å². The van der Waals surface area contributed by atoms with Gasteiger partial charge in [0.05, 0.1) is 6.10 Å². The van der Waals surface area contributed by atoms with Crippen LogP contribution >= 0.6 is 0 Å². The van der Waals surface area contributed by atoms with Crippen LogP contribution in [0.3, 0.4) is 0 Å². The highest BCUT2D eigenvalue weighted by molar-refractivity contribution is 5.69. The fourth-order valence-electron chi connectivity index (χ4n) is 2.65. The molecular weight excluding hydrogens is 272 g/mol. The molecule has 0 aromatic rings. The van der Waals surface area contributed by atoms with Gasteiger partial charge in [-0.1, -0.05) is 90.9 Å². The predicted molar refractivity (Wildman–Crippen MR) is 96.2 cm³/mol. The second kappa shape index (κ2) is 16.8. The number of carbonyl (C=O) groups is 1. The summed E-state index contributed by atoms with van der Waals surface area (Å²) < 4.78 is 5.27. The van der Waals surface area contributed by atoms with Crippen molar-refractivity contribution in [1.82, 2.24) is 0 Å². The number of esters is 1. The Morgan fingerprint density at radius 1 is 0.727 bits per heavy atom. The molecule has 0 N–H and O–H groups in total. The lowest BCUT2D eigenvalue weighted by molar-refractivity contribution is -0.148. The minimum Gasteiger partial charge on any atom is -0.463 e. The highest BCUT2D eigenvalue weighted by Gasteiger charge is 2.06. The van der Waals surface area contributed by atoms with Crippen molar-refractivity contribution in [3.05, 3.63) is 0 Å². The summed E-state index contributed by atoms with van der Waals surface area (Å²) >= 11 is 0. The summed E-state index contributed by atoms with van der Waals surface area (Å²) in [7, 11) is 0. The fourth-order valence-corrected chi connectivity index (χ4v) is 2.65.